The Morgan fingerprint density at radius 2 is 1.53 bits per heavy atom. The highest BCUT2D eigenvalue weighted by Crippen LogP contribution is 2.22. The maximum absolute atomic E-state index is 12.7. The lowest BCUT2D eigenvalue weighted by molar-refractivity contribution is 0.0698. The van der Waals surface area contributed by atoms with Crippen molar-refractivity contribution in [1.82, 2.24) is 10.2 Å². The SMILES string of the molecule is CCOc1ccc(C(=O)N2CCC(NC(=O)c3ccc(C(C)(C)C)cc3)CC2)cc1. The molecule has 2 aromatic carbocycles. The number of hydrogen-bond donors (Lipinski definition) is 1. The van der Waals surface area contributed by atoms with E-state index in [0.29, 0.717) is 30.8 Å². The highest BCUT2D eigenvalue weighted by Gasteiger charge is 2.25. The van der Waals surface area contributed by atoms with Crippen molar-refractivity contribution in [3.8, 4) is 5.75 Å². The summed E-state index contributed by atoms with van der Waals surface area (Å²) in [6.45, 7) is 10.3. The molecule has 1 saturated heterocycles. The normalized spacial score (nSPS) is 15.0. The highest BCUT2D eigenvalue weighted by molar-refractivity contribution is 5.95. The second-order valence-corrected chi connectivity index (χ2v) is 8.82. The Kier molecular flexibility index (Phi) is 6.80. The van der Waals surface area contributed by atoms with Gasteiger partial charge in [-0.15, -0.1) is 0 Å². The minimum Gasteiger partial charge on any atom is -0.494 e. The van der Waals surface area contributed by atoms with E-state index in [-0.39, 0.29) is 23.3 Å². The molecule has 0 bridgehead atoms. The molecular formula is C25H32N2O3. The minimum absolute atomic E-state index is 0.0283. The van der Waals surface area contributed by atoms with Gasteiger partial charge in [0.25, 0.3) is 11.8 Å². The van der Waals surface area contributed by atoms with Crippen LogP contribution in [0.3, 0.4) is 0 Å². The number of likely N-dealkylation sites (tertiary alicyclic amines) is 1. The Morgan fingerprint density at radius 3 is 2.07 bits per heavy atom. The molecule has 0 radical (unpaired) electrons. The molecule has 0 aliphatic carbocycles. The lowest BCUT2D eigenvalue weighted by atomic mass is 9.86. The number of carbonyl (C=O) groups is 2. The lowest BCUT2D eigenvalue weighted by Gasteiger charge is -2.32. The summed E-state index contributed by atoms with van der Waals surface area (Å²) in [5.41, 5.74) is 2.62. The van der Waals surface area contributed by atoms with Gasteiger partial charge in [-0.1, -0.05) is 32.9 Å². The molecule has 2 aromatic rings. The van der Waals surface area contributed by atoms with Crippen LogP contribution in [0, 0.1) is 0 Å². The van der Waals surface area contributed by atoms with Gasteiger partial charge in [0.2, 0.25) is 0 Å². The first-order chi connectivity index (χ1) is 14.3. The molecule has 30 heavy (non-hydrogen) atoms. The van der Waals surface area contributed by atoms with Crippen LogP contribution in [0.15, 0.2) is 48.5 Å². The molecule has 0 spiro atoms. The van der Waals surface area contributed by atoms with Crippen molar-refractivity contribution in [3.05, 3.63) is 65.2 Å². The molecule has 1 aliphatic rings. The Hall–Kier alpha value is -2.82. The molecule has 0 saturated carbocycles. The number of nitrogens with zero attached hydrogens (tertiary/aromatic N) is 1. The Balaban J connectivity index is 1.51. The molecule has 1 aliphatic heterocycles. The predicted molar refractivity (Wildman–Crippen MR) is 119 cm³/mol. The molecule has 3 rings (SSSR count). The van der Waals surface area contributed by atoms with Crippen molar-refractivity contribution in [3.63, 3.8) is 0 Å². The average molecular weight is 409 g/mol. The van der Waals surface area contributed by atoms with Crippen molar-refractivity contribution in [2.75, 3.05) is 19.7 Å². The van der Waals surface area contributed by atoms with Gasteiger partial charge in [0.1, 0.15) is 5.75 Å². The number of carbonyl (C=O) groups excluding carboxylic acids is 2. The number of rotatable bonds is 5. The van der Waals surface area contributed by atoms with E-state index in [1.54, 1.807) is 0 Å². The molecule has 1 fully saturated rings. The third-order valence-corrected chi connectivity index (χ3v) is 5.54. The first-order valence-corrected chi connectivity index (χ1v) is 10.7. The summed E-state index contributed by atoms with van der Waals surface area (Å²) in [7, 11) is 0. The Bertz CT molecular complexity index is 859. The summed E-state index contributed by atoms with van der Waals surface area (Å²) < 4.78 is 5.43. The van der Waals surface area contributed by atoms with Crippen LogP contribution in [-0.2, 0) is 5.41 Å². The van der Waals surface area contributed by atoms with Crippen molar-refractivity contribution in [2.24, 2.45) is 0 Å². The predicted octanol–water partition coefficient (Wildman–Crippen LogP) is 4.42. The summed E-state index contributed by atoms with van der Waals surface area (Å²) in [5.74, 6) is 0.748. The first kappa shape index (κ1) is 21.9. The maximum Gasteiger partial charge on any atom is 0.253 e. The van der Waals surface area contributed by atoms with Gasteiger partial charge in [0.05, 0.1) is 6.61 Å². The van der Waals surface area contributed by atoms with E-state index in [9.17, 15) is 9.59 Å². The second kappa shape index (κ2) is 9.33. The molecule has 160 valence electrons. The summed E-state index contributed by atoms with van der Waals surface area (Å²) >= 11 is 0. The van der Waals surface area contributed by atoms with Gasteiger partial charge in [-0.2, -0.15) is 0 Å². The molecule has 0 atom stereocenters. The number of hydrogen-bond acceptors (Lipinski definition) is 3. The van der Waals surface area contributed by atoms with Crippen LogP contribution >= 0.6 is 0 Å². The fourth-order valence-corrected chi connectivity index (χ4v) is 3.66. The second-order valence-electron chi connectivity index (χ2n) is 8.82. The van der Waals surface area contributed by atoms with E-state index in [2.05, 4.69) is 26.1 Å². The highest BCUT2D eigenvalue weighted by atomic mass is 16.5. The molecule has 1 heterocycles. The lowest BCUT2D eigenvalue weighted by Crippen LogP contribution is -2.46. The van der Waals surface area contributed by atoms with Gasteiger partial charge in [0.15, 0.2) is 0 Å². The van der Waals surface area contributed by atoms with E-state index in [0.717, 1.165) is 18.6 Å². The Labute approximate surface area is 179 Å². The van der Waals surface area contributed by atoms with Crippen LogP contribution < -0.4 is 10.1 Å². The third-order valence-electron chi connectivity index (χ3n) is 5.54. The first-order valence-electron chi connectivity index (χ1n) is 10.7. The quantitative estimate of drug-likeness (QED) is 0.797. The maximum atomic E-state index is 12.7. The van der Waals surface area contributed by atoms with Crippen molar-refractivity contribution in [1.29, 1.82) is 0 Å². The van der Waals surface area contributed by atoms with E-state index in [1.807, 2.05) is 60.4 Å². The molecular weight excluding hydrogens is 376 g/mol. The Morgan fingerprint density at radius 1 is 0.967 bits per heavy atom. The van der Waals surface area contributed by atoms with Crippen LogP contribution in [0.4, 0.5) is 0 Å². The van der Waals surface area contributed by atoms with Crippen molar-refractivity contribution in [2.45, 2.75) is 52.0 Å². The fraction of sp³-hybridized carbons (Fsp3) is 0.440. The van der Waals surface area contributed by atoms with E-state index >= 15 is 0 Å². The molecule has 0 unspecified atom stereocenters. The van der Waals surface area contributed by atoms with E-state index < -0.39 is 0 Å². The zero-order valence-corrected chi connectivity index (χ0v) is 18.4. The monoisotopic (exact) mass is 408 g/mol. The standard InChI is InChI=1S/C25H32N2O3/c1-5-30-22-12-8-19(9-13-22)24(29)27-16-14-21(15-17-27)26-23(28)18-6-10-20(11-7-18)25(2,3)4/h6-13,21H,5,14-17H2,1-4H3,(H,26,28). The molecule has 2 amide bonds. The minimum atomic E-state index is -0.0493. The summed E-state index contributed by atoms with van der Waals surface area (Å²) in [6.07, 6.45) is 1.52. The summed E-state index contributed by atoms with van der Waals surface area (Å²) in [6, 6.07) is 15.2. The smallest absolute Gasteiger partial charge is 0.253 e. The van der Waals surface area contributed by atoms with Crippen LogP contribution in [-0.4, -0.2) is 42.5 Å². The third kappa shape index (κ3) is 5.41. The number of piperidine rings is 1. The summed E-state index contributed by atoms with van der Waals surface area (Å²) in [4.78, 5) is 27.2. The summed E-state index contributed by atoms with van der Waals surface area (Å²) in [5, 5.41) is 3.12. The molecule has 5 heteroatoms. The van der Waals surface area contributed by atoms with Gasteiger partial charge < -0.3 is 15.0 Å². The molecule has 1 N–H and O–H groups in total. The number of nitrogens with one attached hydrogen (secondary N) is 1. The zero-order valence-electron chi connectivity index (χ0n) is 18.4. The van der Waals surface area contributed by atoms with Crippen LogP contribution in [0.1, 0.15) is 66.8 Å². The molecule has 5 nitrogen and oxygen atoms in total. The average Bonchev–Trinajstić information content (AvgIpc) is 2.74. The van der Waals surface area contributed by atoms with Gasteiger partial charge >= 0.3 is 0 Å². The van der Waals surface area contributed by atoms with Gasteiger partial charge in [-0.05, 0) is 67.1 Å². The van der Waals surface area contributed by atoms with Crippen LogP contribution in [0.5, 0.6) is 5.75 Å². The fourth-order valence-electron chi connectivity index (χ4n) is 3.66. The zero-order chi connectivity index (χ0) is 21.7. The van der Waals surface area contributed by atoms with Gasteiger partial charge in [-0.3, -0.25) is 9.59 Å². The molecule has 0 aromatic heterocycles. The van der Waals surface area contributed by atoms with Gasteiger partial charge in [0, 0.05) is 30.3 Å². The number of amides is 2. The van der Waals surface area contributed by atoms with Crippen LogP contribution in [0.25, 0.3) is 0 Å². The van der Waals surface area contributed by atoms with E-state index in [1.165, 1.54) is 5.56 Å². The largest absolute Gasteiger partial charge is 0.494 e. The van der Waals surface area contributed by atoms with Crippen molar-refractivity contribution < 1.29 is 14.3 Å². The van der Waals surface area contributed by atoms with Crippen molar-refractivity contribution >= 4 is 11.8 Å². The van der Waals surface area contributed by atoms with E-state index in [4.69, 9.17) is 4.74 Å². The van der Waals surface area contributed by atoms with Gasteiger partial charge in [-0.25, -0.2) is 0 Å². The van der Waals surface area contributed by atoms with Crippen LogP contribution in [0.2, 0.25) is 0 Å². The number of ether oxygens (including phenoxy) is 1. The number of benzene rings is 2. The topological polar surface area (TPSA) is 58.6 Å².